The molecular weight excluding hydrogens is 212 g/mol. The van der Waals surface area contributed by atoms with E-state index in [1.54, 1.807) is 6.33 Å². The fourth-order valence-corrected chi connectivity index (χ4v) is 2.44. The summed E-state index contributed by atoms with van der Waals surface area (Å²) in [6, 6.07) is 2.35. The molecule has 0 spiro atoms. The molecule has 1 aliphatic rings. The monoisotopic (exact) mass is 234 g/mol. The fourth-order valence-electron chi connectivity index (χ4n) is 2.44. The quantitative estimate of drug-likeness (QED) is 0.847. The van der Waals surface area contributed by atoms with E-state index in [0.29, 0.717) is 11.8 Å². The van der Waals surface area contributed by atoms with Crippen molar-refractivity contribution in [3.63, 3.8) is 0 Å². The Morgan fingerprint density at radius 3 is 2.76 bits per heavy atom. The minimum Gasteiger partial charge on any atom is -0.355 e. The van der Waals surface area contributed by atoms with Crippen LogP contribution in [0.25, 0.3) is 0 Å². The highest BCUT2D eigenvalue weighted by atomic mass is 15.2. The summed E-state index contributed by atoms with van der Waals surface area (Å²) < 4.78 is 0. The van der Waals surface area contributed by atoms with Crippen LogP contribution in [0, 0.1) is 5.92 Å². The minimum atomic E-state index is 0.260. The number of rotatable bonds is 2. The van der Waals surface area contributed by atoms with Gasteiger partial charge in [0.1, 0.15) is 12.1 Å². The van der Waals surface area contributed by atoms with Gasteiger partial charge in [-0.3, -0.25) is 0 Å². The van der Waals surface area contributed by atoms with Gasteiger partial charge in [0.25, 0.3) is 0 Å². The number of aromatic nitrogens is 2. The molecule has 1 aliphatic heterocycles. The highest BCUT2D eigenvalue weighted by Gasteiger charge is 2.23. The van der Waals surface area contributed by atoms with Gasteiger partial charge in [-0.25, -0.2) is 9.97 Å². The van der Waals surface area contributed by atoms with Gasteiger partial charge in [-0.2, -0.15) is 0 Å². The Balaban J connectivity index is 2.18. The highest BCUT2D eigenvalue weighted by molar-refractivity contribution is 5.40. The number of anilines is 1. The van der Waals surface area contributed by atoms with Crippen molar-refractivity contribution in [2.75, 3.05) is 18.0 Å². The van der Waals surface area contributed by atoms with E-state index in [9.17, 15) is 0 Å². The Hall–Kier alpha value is -1.16. The molecule has 4 heteroatoms. The second-order valence-electron chi connectivity index (χ2n) is 5.46. The molecule has 0 radical (unpaired) electrons. The molecule has 1 fully saturated rings. The first-order valence-corrected chi connectivity index (χ1v) is 6.38. The smallest absolute Gasteiger partial charge is 0.132 e. The zero-order valence-electron chi connectivity index (χ0n) is 10.9. The molecule has 2 N–H and O–H groups in total. The van der Waals surface area contributed by atoms with Crippen molar-refractivity contribution in [1.29, 1.82) is 0 Å². The van der Waals surface area contributed by atoms with Crippen molar-refractivity contribution < 1.29 is 0 Å². The number of hydrogen-bond donors (Lipinski definition) is 1. The molecule has 2 heterocycles. The van der Waals surface area contributed by atoms with Crippen LogP contribution in [0.1, 0.15) is 38.8 Å². The van der Waals surface area contributed by atoms with Crippen LogP contribution >= 0.6 is 0 Å². The van der Waals surface area contributed by atoms with Crippen molar-refractivity contribution in [2.24, 2.45) is 11.7 Å². The topological polar surface area (TPSA) is 55.0 Å². The molecule has 1 aromatic heterocycles. The molecule has 0 aromatic carbocycles. The van der Waals surface area contributed by atoms with Gasteiger partial charge in [-0.15, -0.1) is 0 Å². The minimum absolute atomic E-state index is 0.260. The summed E-state index contributed by atoms with van der Waals surface area (Å²) in [6.45, 7) is 8.49. The van der Waals surface area contributed by atoms with Crippen LogP contribution in [-0.4, -0.2) is 29.1 Å². The third-order valence-corrected chi connectivity index (χ3v) is 3.28. The first kappa shape index (κ1) is 12.3. The van der Waals surface area contributed by atoms with E-state index in [2.05, 4.69) is 41.7 Å². The maximum Gasteiger partial charge on any atom is 0.132 e. The van der Waals surface area contributed by atoms with Crippen molar-refractivity contribution >= 4 is 5.82 Å². The zero-order chi connectivity index (χ0) is 12.4. The molecule has 2 rings (SSSR count). The molecule has 2 atom stereocenters. The van der Waals surface area contributed by atoms with Crippen LogP contribution in [0.4, 0.5) is 5.82 Å². The molecule has 4 nitrogen and oxygen atoms in total. The number of nitrogens with zero attached hydrogens (tertiary/aromatic N) is 3. The summed E-state index contributed by atoms with van der Waals surface area (Å²) in [6.07, 6.45) is 2.77. The molecule has 0 bridgehead atoms. The Kier molecular flexibility index (Phi) is 3.62. The van der Waals surface area contributed by atoms with Crippen molar-refractivity contribution in [3.05, 3.63) is 18.1 Å². The van der Waals surface area contributed by atoms with Crippen molar-refractivity contribution in [3.8, 4) is 0 Å². The summed E-state index contributed by atoms with van der Waals surface area (Å²) in [5.41, 5.74) is 7.16. The molecule has 2 unspecified atom stereocenters. The molecular formula is C13H22N4. The first-order chi connectivity index (χ1) is 8.06. The lowest BCUT2D eigenvalue weighted by molar-refractivity contribution is 0.399. The van der Waals surface area contributed by atoms with Crippen LogP contribution in [0.5, 0.6) is 0 Å². The van der Waals surface area contributed by atoms with Crippen LogP contribution < -0.4 is 10.6 Å². The second kappa shape index (κ2) is 5.00. The Morgan fingerprint density at radius 1 is 1.35 bits per heavy atom. The summed E-state index contributed by atoms with van der Waals surface area (Å²) >= 11 is 0. The average Bonchev–Trinajstić information content (AvgIpc) is 2.28. The lowest BCUT2D eigenvalue weighted by Crippen LogP contribution is -2.46. The van der Waals surface area contributed by atoms with E-state index in [1.165, 1.54) is 0 Å². The van der Waals surface area contributed by atoms with Gasteiger partial charge in [0.15, 0.2) is 0 Å². The van der Waals surface area contributed by atoms with E-state index in [0.717, 1.165) is 31.0 Å². The molecule has 0 aliphatic carbocycles. The van der Waals surface area contributed by atoms with E-state index in [1.807, 2.05) is 0 Å². The van der Waals surface area contributed by atoms with Crippen molar-refractivity contribution in [1.82, 2.24) is 9.97 Å². The predicted octanol–water partition coefficient (Wildman–Crippen LogP) is 1.77. The van der Waals surface area contributed by atoms with Gasteiger partial charge < -0.3 is 10.6 Å². The third-order valence-electron chi connectivity index (χ3n) is 3.28. The van der Waals surface area contributed by atoms with Crippen LogP contribution in [-0.2, 0) is 0 Å². The maximum absolute atomic E-state index is 6.07. The van der Waals surface area contributed by atoms with Gasteiger partial charge in [-0.05, 0) is 18.3 Å². The summed E-state index contributed by atoms with van der Waals surface area (Å²) in [5, 5.41) is 0. The Morgan fingerprint density at radius 2 is 2.12 bits per heavy atom. The van der Waals surface area contributed by atoms with E-state index >= 15 is 0 Å². The van der Waals surface area contributed by atoms with Crippen LogP contribution in [0.3, 0.4) is 0 Å². The molecule has 0 saturated carbocycles. The van der Waals surface area contributed by atoms with Gasteiger partial charge in [0.05, 0.1) is 0 Å². The molecule has 0 amide bonds. The standard InChI is InChI=1S/C13H22N4/c1-9(2)12-5-13(16-8-15-12)17-6-10(3)4-11(14)7-17/h5,8-11H,4,6-7,14H2,1-3H3. The molecule has 1 aromatic rings. The normalized spacial score (nSPS) is 25.4. The van der Waals surface area contributed by atoms with Gasteiger partial charge >= 0.3 is 0 Å². The van der Waals surface area contributed by atoms with Gasteiger partial charge in [-0.1, -0.05) is 20.8 Å². The van der Waals surface area contributed by atoms with E-state index in [4.69, 9.17) is 5.73 Å². The summed E-state index contributed by atoms with van der Waals surface area (Å²) in [7, 11) is 0. The lowest BCUT2D eigenvalue weighted by atomic mass is 9.96. The zero-order valence-corrected chi connectivity index (χ0v) is 10.9. The van der Waals surface area contributed by atoms with Gasteiger partial charge in [0, 0.05) is 30.9 Å². The van der Waals surface area contributed by atoms with E-state index in [-0.39, 0.29) is 6.04 Å². The summed E-state index contributed by atoms with van der Waals surface area (Å²) in [4.78, 5) is 11.0. The first-order valence-electron chi connectivity index (χ1n) is 6.38. The molecule has 17 heavy (non-hydrogen) atoms. The Labute approximate surface area is 103 Å². The number of nitrogens with two attached hydrogens (primary N) is 1. The predicted molar refractivity (Wildman–Crippen MR) is 70.1 cm³/mol. The van der Waals surface area contributed by atoms with Gasteiger partial charge in [0.2, 0.25) is 0 Å². The van der Waals surface area contributed by atoms with E-state index < -0.39 is 0 Å². The lowest BCUT2D eigenvalue weighted by Gasteiger charge is -2.35. The third kappa shape index (κ3) is 2.94. The fraction of sp³-hybridized carbons (Fsp3) is 0.692. The van der Waals surface area contributed by atoms with Crippen LogP contribution in [0.2, 0.25) is 0 Å². The second-order valence-corrected chi connectivity index (χ2v) is 5.46. The largest absolute Gasteiger partial charge is 0.355 e. The van der Waals surface area contributed by atoms with Crippen LogP contribution in [0.15, 0.2) is 12.4 Å². The average molecular weight is 234 g/mol. The molecule has 1 saturated heterocycles. The highest BCUT2D eigenvalue weighted by Crippen LogP contribution is 2.22. The SMILES string of the molecule is CC1CC(N)CN(c2cc(C(C)C)ncn2)C1. The Bertz CT molecular complexity index is 367. The number of hydrogen-bond acceptors (Lipinski definition) is 4. The summed E-state index contributed by atoms with van der Waals surface area (Å²) in [5.74, 6) is 2.09. The van der Waals surface area contributed by atoms with Crippen molar-refractivity contribution in [2.45, 2.75) is 39.2 Å². The number of piperidine rings is 1. The molecule has 94 valence electrons. The maximum atomic E-state index is 6.07.